The highest BCUT2D eigenvalue weighted by Crippen LogP contribution is 2.11. The van der Waals surface area contributed by atoms with Crippen molar-refractivity contribution >= 4 is 15.8 Å². The van der Waals surface area contributed by atoms with Crippen LogP contribution in [0.3, 0.4) is 0 Å². The Morgan fingerprint density at radius 2 is 2.21 bits per heavy atom. The topological polar surface area (TPSA) is 83.0 Å². The summed E-state index contributed by atoms with van der Waals surface area (Å²) in [5, 5.41) is 6.44. The minimum atomic E-state index is -2.89. The number of ether oxygens (including phenoxy) is 1. The molecule has 8 heteroatoms. The van der Waals surface area contributed by atoms with Gasteiger partial charge in [-0.2, -0.15) is 0 Å². The molecule has 2 unspecified atom stereocenters. The van der Waals surface area contributed by atoms with E-state index >= 15 is 0 Å². The van der Waals surface area contributed by atoms with Crippen LogP contribution in [0, 0.1) is 5.92 Å². The quantitative estimate of drug-likeness (QED) is 0.516. The Labute approximate surface area is 146 Å². The minimum absolute atomic E-state index is 0.0440. The Morgan fingerprint density at radius 1 is 1.42 bits per heavy atom. The maximum Gasteiger partial charge on any atom is 0.191 e. The molecular formula is C16H32N4O3S. The van der Waals surface area contributed by atoms with Crippen LogP contribution in [0.1, 0.15) is 27.2 Å². The highest BCUT2D eigenvalue weighted by atomic mass is 32.2. The molecule has 2 heterocycles. The number of nitrogens with one attached hydrogen (secondary N) is 2. The molecule has 2 aliphatic heterocycles. The first-order valence-corrected chi connectivity index (χ1v) is 10.8. The summed E-state index contributed by atoms with van der Waals surface area (Å²) in [6, 6.07) is -0.0440. The van der Waals surface area contributed by atoms with Gasteiger partial charge in [0.05, 0.1) is 30.8 Å². The normalized spacial score (nSPS) is 28.2. The summed E-state index contributed by atoms with van der Waals surface area (Å²) in [6.07, 6.45) is 0.745. The van der Waals surface area contributed by atoms with E-state index in [1.807, 2.05) is 6.92 Å². The Bertz CT molecular complexity index is 521. The van der Waals surface area contributed by atoms with E-state index in [4.69, 9.17) is 4.74 Å². The third-order valence-electron chi connectivity index (χ3n) is 4.22. The van der Waals surface area contributed by atoms with E-state index in [9.17, 15) is 8.42 Å². The van der Waals surface area contributed by atoms with Crippen LogP contribution in [0.15, 0.2) is 4.99 Å². The number of rotatable bonds is 6. The third kappa shape index (κ3) is 6.57. The highest BCUT2D eigenvalue weighted by molar-refractivity contribution is 7.91. The molecule has 7 nitrogen and oxygen atoms in total. The Hall–Kier alpha value is -0.860. The molecule has 0 saturated carbocycles. The smallest absolute Gasteiger partial charge is 0.191 e. The summed E-state index contributed by atoms with van der Waals surface area (Å²) in [5.74, 6) is 1.79. The number of morpholine rings is 1. The first-order chi connectivity index (χ1) is 11.4. The van der Waals surface area contributed by atoms with Crippen molar-refractivity contribution in [1.29, 1.82) is 0 Å². The second kappa shape index (κ2) is 9.01. The first-order valence-electron chi connectivity index (χ1n) is 8.97. The molecule has 0 amide bonds. The molecule has 24 heavy (non-hydrogen) atoms. The maximum absolute atomic E-state index is 11.6. The summed E-state index contributed by atoms with van der Waals surface area (Å²) in [7, 11) is -2.89. The van der Waals surface area contributed by atoms with E-state index in [1.54, 1.807) is 0 Å². The molecule has 2 saturated heterocycles. The van der Waals surface area contributed by atoms with Crippen molar-refractivity contribution in [3.8, 4) is 0 Å². The molecule has 2 atom stereocenters. The van der Waals surface area contributed by atoms with Gasteiger partial charge in [-0.25, -0.2) is 8.42 Å². The van der Waals surface area contributed by atoms with Gasteiger partial charge in [-0.1, -0.05) is 13.8 Å². The van der Waals surface area contributed by atoms with Crippen molar-refractivity contribution in [2.24, 2.45) is 10.9 Å². The summed E-state index contributed by atoms with van der Waals surface area (Å²) in [4.78, 5) is 7.04. The van der Waals surface area contributed by atoms with Crippen molar-refractivity contribution in [1.82, 2.24) is 15.5 Å². The lowest BCUT2D eigenvalue weighted by Crippen LogP contribution is -2.47. The molecule has 2 N–H and O–H groups in total. The van der Waals surface area contributed by atoms with Gasteiger partial charge in [0.25, 0.3) is 0 Å². The molecule has 0 aliphatic carbocycles. The Balaban J connectivity index is 1.86. The Morgan fingerprint density at radius 3 is 2.83 bits per heavy atom. The predicted molar refractivity (Wildman–Crippen MR) is 97.2 cm³/mol. The van der Waals surface area contributed by atoms with Gasteiger partial charge >= 0.3 is 0 Å². The monoisotopic (exact) mass is 360 g/mol. The molecule has 2 aliphatic rings. The van der Waals surface area contributed by atoms with E-state index < -0.39 is 9.84 Å². The van der Waals surface area contributed by atoms with E-state index in [-0.39, 0.29) is 23.7 Å². The zero-order valence-corrected chi connectivity index (χ0v) is 15.9. The lowest BCUT2D eigenvalue weighted by molar-refractivity contribution is -0.0262. The summed E-state index contributed by atoms with van der Waals surface area (Å²) in [6.45, 7) is 11.5. The van der Waals surface area contributed by atoms with Crippen LogP contribution >= 0.6 is 0 Å². The van der Waals surface area contributed by atoms with Crippen LogP contribution in [0.4, 0.5) is 0 Å². The fourth-order valence-corrected chi connectivity index (χ4v) is 4.86. The van der Waals surface area contributed by atoms with Crippen molar-refractivity contribution < 1.29 is 13.2 Å². The van der Waals surface area contributed by atoms with Crippen LogP contribution in [0.2, 0.25) is 0 Å². The zero-order chi connectivity index (χ0) is 17.6. The number of hydrogen-bond donors (Lipinski definition) is 2. The molecule has 0 aromatic rings. The summed E-state index contributed by atoms with van der Waals surface area (Å²) in [5.41, 5.74) is 0. The van der Waals surface area contributed by atoms with Gasteiger partial charge in [-0.05, 0) is 19.3 Å². The van der Waals surface area contributed by atoms with Gasteiger partial charge in [0.2, 0.25) is 0 Å². The lowest BCUT2D eigenvalue weighted by Gasteiger charge is -2.33. The maximum atomic E-state index is 11.6. The van der Waals surface area contributed by atoms with Gasteiger partial charge in [-0.3, -0.25) is 9.89 Å². The largest absolute Gasteiger partial charge is 0.374 e. The van der Waals surface area contributed by atoms with Crippen LogP contribution in [0.5, 0.6) is 0 Å². The number of hydrogen-bond acceptors (Lipinski definition) is 5. The molecule has 140 valence electrons. The first kappa shape index (κ1) is 19.5. The van der Waals surface area contributed by atoms with Gasteiger partial charge in [-0.15, -0.1) is 0 Å². The standard InChI is InChI=1S/C16H32N4O3S/c1-4-17-16(19-14-5-8-24(21,22)12-14)18-9-15-11-20(6-7-23-15)10-13(2)3/h13-15H,4-12H2,1-3H3,(H2,17,18,19). The van der Waals surface area contributed by atoms with Crippen molar-refractivity contribution in [2.45, 2.75) is 39.3 Å². The predicted octanol–water partition coefficient (Wildman–Crippen LogP) is 0.0854. The van der Waals surface area contributed by atoms with E-state index in [2.05, 4.69) is 34.4 Å². The lowest BCUT2D eigenvalue weighted by atomic mass is 10.2. The van der Waals surface area contributed by atoms with Gasteiger partial charge in [0.1, 0.15) is 0 Å². The average Bonchev–Trinajstić information content (AvgIpc) is 2.84. The van der Waals surface area contributed by atoms with Crippen LogP contribution in [-0.2, 0) is 14.6 Å². The van der Waals surface area contributed by atoms with E-state index in [0.29, 0.717) is 24.8 Å². The van der Waals surface area contributed by atoms with E-state index in [1.165, 1.54) is 0 Å². The third-order valence-corrected chi connectivity index (χ3v) is 5.98. The van der Waals surface area contributed by atoms with Crippen molar-refractivity contribution in [3.63, 3.8) is 0 Å². The average molecular weight is 361 g/mol. The minimum Gasteiger partial charge on any atom is -0.374 e. The van der Waals surface area contributed by atoms with Crippen LogP contribution in [0.25, 0.3) is 0 Å². The summed E-state index contributed by atoms with van der Waals surface area (Å²) < 4.78 is 29.0. The van der Waals surface area contributed by atoms with Gasteiger partial charge in [0.15, 0.2) is 15.8 Å². The van der Waals surface area contributed by atoms with Crippen LogP contribution in [-0.4, -0.2) is 82.3 Å². The number of aliphatic imine (C=N–C) groups is 1. The van der Waals surface area contributed by atoms with Crippen molar-refractivity contribution in [2.75, 3.05) is 50.8 Å². The van der Waals surface area contributed by atoms with Crippen LogP contribution < -0.4 is 10.6 Å². The highest BCUT2D eigenvalue weighted by Gasteiger charge is 2.28. The summed E-state index contributed by atoms with van der Waals surface area (Å²) >= 11 is 0. The van der Waals surface area contributed by atoms with Gasteiger partial charge < -0.3 is 15.4 Å². The number of nitrogens with zero attached hydrogens (tertiary/aromatic N) is 2. The second-order valence-electron chi connectivity index (χ2n) is 7.11. The molecule has 0 aromatic carbocycles. The molecule has 2 rings (SSSR count). The second-order valence-corrected chi connectivity index (χ2v) is 9.34. The SMILES string of the molecule is CCNC(=NCC1CN(CC(C)C)CCO1)NC1CCS(=O)(=O)C1. The van der Waals surface area contributed by atoms with Crippen molar-refractivity contribution in [3.05, 3.63) is 0 Å². The molecule has 0 radical (unpaired) electrons. The molecular weight excluding hydrogens is 328 g/mol. The molecule has 0 bridgehead atoms. The number of guanidine groups is 1. The van der Waals surface area contributed by atoms with Gasteiger partial charge in [0, 0.05) is 32.2 Å². The zero-order valence-electron chi connectivity index (χ0n) is 15.1. The fourth-order valence-electron chi connectivity index (χ4n) is 3.19. The molecule has 0 aromatic heterocycles. The molecule has 0 spiro atoms. The Kier molecular flexibility index (Phi) is 7.31. The van der Waals surface area contributed by atoms with E-state index in [0.717, 1.165) is 32.8 Å². The number of sulfone groups is 1. The fraction of sp³-hybridized carbons (Fsp3) is 0.938. The molecule has 2 fully saturated rings.